The van der Waals surface area contributed by atoms with E-state index < -0.39 is 0 Å². The maximum absolute atomic E-state index is 8.76. The summed E-state index contributed by atoms with van der Waals surface area (Å²) >= 11 is 1.50. The number of nitriles is 1. The van der Waals surface area contributed by atoms with Crippen LogP contribution in [0.5, 0.6) is 0 Å². The number of anilines is 1. The molecule has 18 heavy (non-hydrogen) atoms. The van der Waals surface area contributed by atoms with Crippen LogP contribution in [0, 0.1) is 17.2 Å². The summed E-state index contributed by atoms with van der Waals surface area (Å²) < 4.78 is 4.44. The van der Waals surface area contributed by atoms with Crippen LogP contribution in [0.3, 0.4) is 0 Å². The van der Waals surface area contributed by atoms with Gasteiger partial charge < -0.3 is 5.32 Å². The molecule has 4 heteroatoms. The van der Waals surface area contributed by atoms with Gasteiger partial charge in [0.25, 0.3) is 0 Å². The van der Waals surface area contributed by atoms with Crippen molar-refractivity contribution in [3.05, 3.63) is 35.9 Å². The monoisotopic (exact) mass is 255 g/mol. The van der Waals surface area contributed by atoms with Gasteiger partial charge in [0, 0.05) is 18.2 Å². The Morgan fingerprint density at radius 1 is 1.33 bits per heavy atom. The molecule has 0 unspecified atom stereocenters. The van der Waals surface area contributed by atoms with Crippen molar-refractivity contribution in [1.29, 1.82) is 5.26 Å². The first-order valence-corrected chi connectivity index (χ1v) is 6.83. The number of rotatable bonds is 4. The summed E-state index contributed by atoms with van der Waals surface area (Å²) in [6.45, 7) is 1.06. The molecular weight excluding hydrogens is 242 g/mol. The van der Waals surface area contributed by atoms with Crippen LogP contribution in [0.2, 0.25) is 0 Å². The van der Waals surface area contributed by atoms with Crippen LogP contribution in [0.1, 0.15) is 18.4 Å². The second-order valence-corrected chi connectivity index (χ2v) is 5.39. The Morgan fingerprint density at radius 2 is 2.11 bits per heavy atom. The highest BCUT2D eigenvalue weighted by molar-refractivity contribution is 7.10. The van der Waals surface area contributed by atoms with Crippen molar-refractivity contribution in [3.8, 4) is 17.3 Å². The number of hydrogen-bond donors (Lipinski definition) is 1. The molecule has 2 aromatic rings. The molecule has 1 fully saturated rings. The second-order valence-electron chi connectivity index (χ2n) is 4.59. The van der Waals surface area contributed by atoms with Gasteiger partial charge >= 0.3 is 0 Å². The highest BCUT2D eigenvalue weighted by Gasteiger charge is 2.20. The van der Waals surface area contributed by atoms with Gasteiger partial charge in [-0.1, -0.05) is 12.1 Å². The highest BCUT2D eigenvalue weighted by Crippen LogP contribution is 2.31. The number of hydrogen-bond acceptors (Lipinski definition) is 4. The zero-order chi connectivity index (χ0) is 12.4. The SMILES string of the molecule is N#Cc1ccc(-c2cc(NCC3CC3)sn2)cc1. The Kier molecular flexibility index (Phi) is 2.99. The van der Waals surface area contributed by atoms with Crippen LogP contribution >= 0.6 is 11.5 Å². The van der Waals surface area contributed by atoms with Gasteiger partial charge in [0.1, 0.15) is 5.00 Å². The molecular formula is C14H13N3S. The molecule has 1 aliphatic carbocycles. The lowest BCUT2D eigenvalue weighted by atomic mass is 10.1. The van der Waals surface area contributed by atoms with E-state index in [0.29, 0.717) is 5.56 Å². The molecule has 1 aromatic heterocycles. The molecule has 1 heterocycles. The van der Waals surface area contributed by atoms with Crippen molar-refractivity contribution in [3.63, 3.8) is 0 Å². The van der Waals surface area contributed by atoms with E-state index in [9.17, 15) is 0 Å². The van der Waals surface area contributed by atoms with Gasteiger partial charge in [0.15, 0.2) is 0 Å². The molecule has 0 spiro atoms. The number of benzene rings is 1. The van der Waals surface area contributed by atoms with Crippen molar-refractivity contribution in [2.45, 2.75) is 12.8 Å². The molecule has 1 aromatic carbocycles. The van der Waals surface area contributed by atoms with E-state index in [0.717, 1.165) is 28.7 Å². The van der Waals surface area contributed by atoms with E-state index in [2.05, 4.69) is 21.8 Å². The van der Waals surface area contributed by atoms with Crippen LogP contribution in [0.15, 0.2) is 30.3 Å². The van der Waals surface area contributed by atoms with Crippen LogP contribution in [-0.2, 0) is 0 Å². The molecule has 1 N–H and O–H groups in total. The summed E-state index contributed by atoms with van der Waals surface area (Å²) in [4.78, 5) is 0. The smallest absolute Gasteiger partial charge is 0.110 e. The minimum absolute atomic E-state index is 0.682. The highest BCUT2D eigenvalue weighted by atomic mass is 32.1. The van der Waals surface area contributed by atoms with Crippen LogP contribution in [0.25, 0.3) is 11.3 Å². The second kappa shape index (κ2) is 4.79. The molecule has 0 bridgehead atoms. The Balaban J connectivity index is 1.72. The largest absolute Gasteiger partial charge is 0.375 e. The normalized spacial score (nSPS) is 14.2. The molecule has 0 aliphatic heterocycles. The fourth-order valence-electron chi connectivity index (χ4n) is 1.78. The summed E-state index contributed by atoms with van der Waals surface area (Å²) in [6, 6.07) is 11.7. The average molecular weight is 255 g/mol. The lowest BCUT2D eigenvalue weighted by Crippen LogP contribution is -2.00. The van der Waals surface area contributed by atoms with Crippen LogP contribution in [-0.4, -0.2) is 10.9 Å². The van der Waals surface area contributed by atoms with E-state index in [-0.39, 0.29) is 0 Å². The van der Waals surface area contributed by atoms with Crippen molar-refractivity contribution in [2.75, 3.05) is 11.9 Å². The molecule has 0 atom stereocenters. The Morgan fingerprint density at radius 3 is 2.78 bits per heavy atom. The molecule has 0 saturated heterocycles. The topological polar surface area (TPSA) is 48.7 Å². The lowest BCUT2D eigenvalue weighted by molar-refractivity contribution is 0.892. The molecule has 3 nitrogen and oxygen atoms in total. The van der Waals surface area contributed by atoms with E-state index in [4.69, 9.17) is 5.26 Å². The fourth-order valence-corrected chi connectivity index (χ4v) is 2.44. The summed E-state index contributed by atoms with van der Waals surface area (Å²) in [5, 5.41) is 13.3. The van der Waals surface area contributed by atoms with Gasteiger partial charge in [0.2, 0.25) is 0 Å². The Hall–Kier alpha value is -1.86. The third-order valence-electron chi connectivity index (χ3n) is 3.08. The lowest BCUT2D eigenvalue weighted by Gasteiger charge is -1.99. The van der Waals surface area contributed by atoms with Gasteiger partial charge in [0.05, 0.1) is 17.3 Å². The van der Waals surface area contributed by atoms with Crippen molar-refractivity contribution in [2.24, 2.45) is 5.92 Å². The van der Waals surface area contributed by atoms with Crippen LogP contribution < -0.4 is 5.32 Å². The first-order valence-electron chi connectivity index (χ1n) is 6.06. The minimum Gasteiger partial charge on any atom is -0.375 e. The predicted molar refractivity (Wildman–Crippen MR) is 73.5 cm³/mol. The van der Waals surface area contributed by atoms with Crippen molar-refractivity contribution < 1.29 is 0 Å². The average Bonchev–Trinajstić information content (AvgIpc) is 3.14. The van der Waals surface area contributed by atoms with E-state index in [1.807, 2.05) is 24.3 Å². The minimum atomic E-state index is 0.682. The van der Waals surface area contributed by atoms with Gasteiger partial charge in [-0.2, -0.15) is 9.64 Å². The number of nitrogens with zero attached hydrogens (tertiary/aromatic N) is 2. The van der Waals surface area contributed by atoms with E-state index in [1.54, 1.807) is 0 Å². The van der Waals surface area contributed by atoms with Crippen molar-refractivity contribution in [1.82, 2.24) is 4.37 Å². The number of aromatic nitrogens is 1. The standard InChI is InChI=1S/C14H13N3S/c15-8-10-3-5-12(6-4-10)13-7-14(18-17-13)16-9-11-1-2-11/h3-7,11,16H,1-2,9H2. The van der Waals surface area contributed by atoms with E-state index >= 15 is 0 Å². The van der Waals surface area contributed by atoms with Gasteiger partial charge in [-0.05, 0) is 42.4 Å². The summed E-state index contributed by atoms with van der Waals surface area (Å²) in [6.07, 6.45) is 2.71. The quantitative estimate of drug-likeness (QED) is 0.909. The predicted octanol–water partition coefficient (Wildman–Crippen LogP) is 3.50. The summed E-state index contributed by atoms with van der Waals surface area (Å²) in [5.74, 6) is 0.866. The molecule has 1 saturated carbocycles. The molecule has 3 rings (SSSR count). The summed E-state index contributed by atoms with van der Waals surface area (Å²) in [7, 11) is 0. The molecule has 0 radical (unpaired) electrons. The number of nitrogens with one attached hydrogen (secondary N) is 1. The van der Waals surface area contributed by atoms with Gasteiger partial charge in [-0.3, -0.25) is 0 Å². The third-order valence-corrected chi connectivity index (χ3v) is 3.83. The molecule has 90 valence electrons. The van der Waals surface area contributed by atoms with E-state index in [1.165, 1.54) is 24.4 Å². The third kappa shape index (κ3) is 2.52. The first kappa shape index (κ1) is 11.2. The maximum Gasteiger partial charge on any atom is 0.110 e. The Bertz CT molecular complexity index is 576. The summed E-state index contributed by atoms with van der Waals surface area (Å²) in [5.41, 5.74) is 2.72. The Labute approximate surface area is 110 Å². The van der Waals surface area contributed by atoms with Gasteiger partial charge in [-0.25, -0.2) is 0 Å². The van der Waals surface area contributed by atoms with Crippen molar-refractivity contribution >= 4 is 16.5 Å². The fraction of sp³-hybridized carbons (Fsp3) is 0.286. The zero-order valence-electron chi connectivity index (χ0n) is 9.89. The molecule has 1 aliphatic rings. The zero-order valence-corrected chi connectivity index (χ0v) is 10.7. The molecule has 0 amide bonds. The first-order chi connectivity index (χ1) is 8.85. The van der Waals surface area contributed by atoms with Gasteiger partial charge in [-0.15, -0.1) is 0 Å². The van der Waals surface area contributed by atoms with Crippen LogP contribution in [0.4, 0.5) is 5.00 Å². The maximum atomic E-state index is 8.76.